The van der Waals surface area contributed by atoms with Gasteiger partial charge in [0.25, 0.3) is 5.92 Å². The van der Waals surface area contributed by atoms with Gasteiger partial charge in [-0.05, 0) is 19.9 Å². The maximum absolute atomic E-state index is 12.5. The number of hydrogen-bond acceptors (Lipinski definition) is 2. The van der Waals surface area contributed by atoms with Crippen LogP contribution in [-0.4, -0.2) is 18.7 Å². The van der Waals surface area contributed by atoms with Gasteiger partial charge in [-0.2, -0.15) is 0 Å². The Balaban J connectivity index is 2.33. The first-order chi connectivity index (χ1) is 6.95. The molecule has 1 aliphatic rings. The van der Waals surface area contributed by atoms with Gasteiger partial charge in [-0.1, -0.05) is 6.58 Å². The van der Waals surface area contributed by atoms with Crippen molar-refractivity contribution in [1.29, 1.82) is 0 Å². The molecule has 84 valence electrons. The van der Waals surface area contributed by atoms with E-state index < -0.39 is 11.8 Å². The summed E-state index contributed by atoms with van der Waals surface area (Å²) >= 11 is 0. The van der Waals surface area contributed by atoms with E-state index in [1.807, 2.05) is 0 Å². The van der Waals surface area contributed by atoms with E-state index in [0.29, 0.717) is 11.5 Å². The van der Waals surface area contributed by atoms with Crippen molar-refractivity contribution in [2.45, 2.75) is 26.2 Å². The number of ether oxygens (including phenoxy) is 1. The number of alkyl halides is 2. The van der Waals surface area contributed by atoms with Crippen LogP contribution >= 0.6 is 0 Å². The SMILES string of the molecule is C=C(C)N=C/C(=C\C)OCC1CC1(F)F. The Hall–Kier alpha value is -1.19. The van der Waals surface area contributed by atoms with E-state index in [9.17, 15) is 8.78 Å². The Morgan fingerprint density at radius 3 is 2.67 bits per heavy atom. The quantitative estimate of drug-likeness (QED) is 0.510. The van der Waals surface area contributed by atoms with Gasteiger partial charge in [-0.25, -0.2) is 8.78 Å². The molecular weight excluding hydrogens is 200 g/mol. The van der Waals surface area contributed by atoms with Gasteiger partial charge in [0.2, 0.25) is 0 Å². The van der Waals surface area contributed by atoms with Crippen molar-refractivity contribution < 1.29 is 13.5 Å². The van der Waals surface area contributed by atoms with E-state index in [0.717, 1.165) is 0 Å². The Labute approximate surface area is 88.3 Å². The van der Waals surface area contributed by atoms with Crippen LogP contribution in [0.4, 0.5) is 8.78 Å². The van der Waals surface area contributed by atoms with Crippen molar-refractivity contribution in [3.63, 3.8) is 0 Å². The van der Waals surface area contributed by atoms with Crippen LogP contribution < -0.4 is 0 Å². The molecule has 0 bridgehead atoms. The first kappa shape index (κ1) is 11.9. The van der Waals surface area contributed by atoms with Crippen molar-refractivity contribution >= 4 is 6.21 Å². The lowest BCUT2D eigenvalue weighted by molar-refractivity contribution is 0.0764. The average molecular weight is 215 g/mol. The second-order valence-electron chi connectivity index (χ2n) is 3.66. The molecule has 0 amide bonds. The van der Waals surface area contributed by atoms with E-state index in [1.54, 1.807) is 19.9 Å². The van der Waals surface area contributed by atoms with Crippen LogP contribution in [0.5, 0.6) is 0 Å². The minimum Gasteiger partial charge on any atom is -0.492 e. The van der Waals surface area contributed by atoms with E-state index in [4.69, 9.17) is 4.74 Å². The minimum atomic E-state index is -2.52. The van der Waals surface area contributed by atoms with Crippen LogP contribution in [0.25, 0.3) is 0 Å². The molecule has 0 spiro atoms. The van der Waals surface area contributed by atoms with Crippen LogP contribution in [0, 0.1) is 5.92 Å². The van der Waals surface area contributed by atoms with Gasteiger partial charge in [0, 0.05) is 12.1 Å². The van der Waals surface area contributed by atoms with Gasteiger partial charge in [-0.3, -0.25) is 4.99 Å². The molecule has 15 heavy (non-hydrogen) atoms. The highest BCUT2D eigenvalue weighted by Gasteiger charge is 2.57. The van der Waals surface area contributed by atoms with Crippen LogP contribution in [0.1, 0.15) is 20.3 Å². The van der Waals surface area contributed by atoms with Crippen LogP contribution in [0.3, 0.4) is 0 Å². The third-order valence-corrected chi connectivity index (χ3v) is 2.10. The molecule has 0 aromatic heterocycles. The molecule has 1 aliphatic carbocycles. The normalized spacial score (nSPS) is 24.3. The average Bonchev–Trinajstić information content (AvgIpc) is 2.74. The van der Waals surface area contributed by atoms with Gasteiger partial charge < -0.3 is 4.74 Å². The smallest absolute Gasteiger partial charge is 0.255 e. The second kappa shape index (κ2) is 4.55. The predicted molar refractivity (Wildman–Crippen MR) is 56.1 cm³/mol. The molecule has 0 aromatic rings. The highest BCUT2D eigenvalue weighted by Crippen LogP contribution is 2.48. The van der Waals surface area contributed by atoms with E-state index >= 15 is 0 Å². The molecule has 1 rings (SSSR count). The fourth-order valence-corrected chi connectivity index (χ4v) is 1.02. The van der Waals surface area contributed by atoms with Crippen molar-refractivity contribution in [2.75, 3.05) is 6.61 Å². The van der Waals surface area contributed by atoms with Crippen LogP contribution in [-0.2, 0) is 4.74 Å². The maximum atomic E-state index is 12.5. The molecule has 0 N–H and O–H groups in total. The zero-order valence-corrected chi connectivity index (χ0v) is 8.96. The highest BCUT2D eigenvalue weighted by molar-refractivity contribution is 5.76. The monoisotopic (exact) mass is 215 g/mol. The summed E-state index contributed by atoms with van der Waals surface area (Å²) in [6, 6.07) is 0. The number of halogens is 2. The Morgan fingerprint density at radius 2 is 2.27 bits per heavy atom. The molecule has 1 saturated carbocycles. The maximum Gasteiger partial charge on any atom is 0.255 e. The number of aliphatic imine (C=N–C) groups is 1. The summed E-state index contributed by atoms with van der Waals surface area (Å²) in [6.07, 6.45) is 3.11. The Morgan fingerprint density at radius 1 is 1.67 bits per heavy atom. The Kier molecular flexibility index (Phi) is 3.61. The molecule has 1 fully saturated rings. The molecule has 1 atom stereocenters. The zero-order valence-electron chi connectivity index (χ0n) is 8.96. The molecule has 0 saturated heterocycles. The summed E-state index contributed by atoms with van der Waals surface area (Å²) in [5.41, 5.74) is 0.648. The zero-order chi connectivity index (χ0) is 11.5. The molecule has 2 nitrogen and oxygen atoms in total. The molecule has 0 heterocycles. The van der Waals surface area contributed by atoms with E-state index in [2.05, 4.69) is 11.6 Å². The van der Waals surface area contributed by atoms with Crippen LogP contribution in [0.15, 0.2) is 29.1 Å². The summed E-state index contributed by atoms with van der Waals surface area (Å²) in [7, 11) is 0. The van der Waals surface area contributed by atoms with Crippen molar-refractivity contribution in [1.82, 2.24) is 0 Å². The fraction of sp³-hybridized carbons (Fsp3) is 0.545. The van der Waals surface area contributed by atoms with Gasteiger partial charge in [0.05, 0.1) is 18.7 Å². The van der Waals surface area contributed by atoms with Gasteiger partial charge in [0.1, 0.15) is 5.76 Å². The van der Waals surface area contributed by atoms with Crippen molar-refractivity contribution in [3.05, 3.63) is 24.1 Å². The molecule has 0 aromatic carbocycles. The summed E-state index contributed by atoms with van der Waals surface area (Å²) in [5.74, 6) is -2.66. The number of allylic oxidation sites excluding steroid dienone is 3. The van der Waals surface area contributed by atoms with Crippen molar-refractivity contribution in [2.24, 2.45) is 10.9 Å². The van der Waals surface area contributed by atoms with Crippen LogP contribution in [0.2, 0.25) is 0 Å². The summed E-state index contributed by atoms with van der Waals surface area (Å²) in [6.45, 7) is 7.16. The van der Waals surface area contributed by atoms with Gasteiger partial charge in [-0.15, -0.1) is 0 Å². The third-order valence-electron chi connectivity index (χ3n) is 2.10. The first-order valence-corrected chi connectivity index (χ1v) is 4.82. The predicted octanol–water partition coefficient (Wildman–Crippen LogP) is 3.17. The molecule has 0 aliphatic heterocycles. The standard InChI is InChI=1S/C11H15F2NO/c1-4-10(6-14-8(2)3)15-7-9-5-11(9,12)13/h4,6,9H,2,5,7H2,1,3H3/b10-4+,14-6?. The topological polar surface area (TPSA) is 21.6 Å². The van der Waals surface area contributed by atoms with E-state index in [-0.39, 0.29) is 13.0 Å². The number of rotatable bonds is 5. The molecule has 4 heteroatoms. The van der Waals surface area contributed by atoms with E-state index in [1.165, 1.54) is 6.21 Å². The fourth-order valence-electron chi connectivity index (χ4n) is 1.02. The number of nitrogens with zero attached hydrogens (tertiary/aromatic N) is 1. The summed E-state index contributed by atoms with van der Waals surface area (Å²) in [4.78, 5) is 3.93. The number of hydrogen-bond donors (Lipinski definition) is 0. The molecule has 0 radical (unpaired) electrons. The molecule has 1 unspecified atom stereocenters. The summed E-state index contributed by atoms with van der Waals surface area (Å²) in [5, 5.41) is 0. The van der Waals surface area contributed by atoms with Crippen molar-refractivity contribution in [3.8, 4) is 0 Å². The second-order valence-corrected chi connectivity index (χ2v) is 3.66. The lowest BCUT2D eigenvalue weighted by atomic mass is 10.4. The van der Waals surface area contributed by atoms with Gasteiger partial charge in [0.15, 0.2) is 0 Å². The highest BCUT2D eigenvalue weighted by atomic mass is 19.3. The summed E-state index contributed by atoms with van der Waals surface area (Å²) < 4.78 is 30.2. The lowest BCUT2D eigenvalue weighted by Gasteiger charge is -2.04. The largest absolute Gasteiger partial charge is 0.492 e. The molecular formula is C11H15F2NO. The minimum absolute atomic E-state index is 0.0505. The lowest BCUT2D eigenvalue weighted by Crippen LogP contribution is -2.03. The Bertz CT molecular complexity index is 308. The third kappa shape index (κ3) is 3.81. The van der Waals surface area contributed by atoms with Gasteiger partial charge >= 0.3 is 0 Å². The first-order valence-electron chi connectivity index (χ1n) is 4.82.